The monoisotopic (exact) mass is 585 g/mol. The van der Waals surface area contributed by atoms with Gasteiger partial charge in [0.05, 0.1) is 25.2 Å². The zero-order valence-corrected chi connectivity index (χ0v) is 23.7. The topological polar surface area (TPSA) is 192 Å². The lowest BCUT2D eigenvalue weighted by Gasteiger charge is -2.49. The molecule has 0 radical (unpaired) electrons. The first-order chi connectivity index (χ1) is 18.4. The van der Waals surface area contributed by atoms with Crippen molar-refractivity contribution in [3.63, 3.8) is 0 Å². The second kappa shape index (κ2) is 12.8. The summed E-state index contributed by atoms with van der Waals surface area (Å²) in [4.78, 5) is 56.5. The van der Waals surface area contributed by atoms with Crippen molar-refractivity contribution < 1.29 is 43.3 Å². The second-order valence-corrected chi connectivity index (χ2v) is 11.5. The SMILES string of the molecule is COCCOCC1=C(C(=O)OC(C)OC(=O)C(C)(C)C)N2C(=O)C(NC(=O)/C(=N\O)c3csc(N)n3)[C@H]2SC1. The highest BCUT2D eigenvalue weighted by Crippen LogP contribution is 2.41. The molecule has 2 aliphatic rings. The van der Waals surface area contributed by atoms with Gasteiger partial charge in [-0.2, -0.15) is 0 Å². The highest BCUT2D eigenvalue weighted by atomic mass is 32.2. The van der Waals surface area contributed by atoms with E-state index >= 15 is 0 Å². The summed E-state index contributed by atoms with van der Waals surface area (Å²) in [7, 11) is 1.52. The number of hydrogen-bond donors (Lipinski definition) is 3. The summed E-state index contributed by atoms with van der Waals surface area (Å²) < 4.78 is 21.1. The standard InChI is InChI=1S/C23H31N5O9S2/c1-11(37-21(32)23(2,3)4)36-20(31)16-12(8-35-7-6-34-5)9-38-19-15(18(30)28(16)19)26-17(29)14(27-33)13-10-39-22(24)25-13/h10-11,15,19,33H,6-9H2,1-5H3,(H2,24,25)(H,26,29)/b27-14-/t11?,15?,19-/m1/s1. The molecule has 214 valence electrons. The molecule has 16 heteroatoms. The summed E-state index contributed by atoms with van der Waals surface area (Å²) in [5, 5.41) is 15.8. The highest BCUT2D eigenvalue weighted by molar-refractivity contribution is 8.00. The number of nitrogens with zero attached hydrogens (tertiary/aromatic N) is 3. The Morgan fingerprint density at radius 1 is 1.31 bits per heavy atom. The Labute approximate surface area is 232 Å². The molecule has 3 heterocycles. The summed E-state index contributed by atoms with van der Waals surface area (Å²) >= 11 is 2.36. The number of fused-ring (bicyclic) bond motifs is 1. The van der Waals surface area contributed by atoms with Crippen molar-refractivity contribution in [2.24, 2.45) is 10.6 Å². The zero-order valence-electron chi connectivity index (χ0n) is 22.1. The Morgan fingerprint density at radius 3 is 2.62 bits per heavy atom. The number of nitrogens with one attached hydrogen (secondary N) is 1. The number of nitrogen functional groups attached to an aromatic ring is 1. The molecular weight excluding hydrogens is 554 g/mol. The lowest BCUT2D eigenvalue weighted by molar-refractivity contribution is -0.190. The molecule has 2 unspecified atom stereocenters. The van der Waals surface area contributed by atoms with Crippen LogP contribution >= 0.6 is 23.1 Å². The minimum Gasteiger partial charge on any atom is -0.425 e. The van der Waals surface area contributed by atoms with Crippen LogP contribution in [0.4, 0.5) is 5.13 Å². The Kier molecular flexibility index (Phi) is 9.93. The number of carbonyl (C=O) groups excluding carboxylic acids is 4. The number of amides is 2. The fourth-order valence-corrected chi connectivity index (χ4v) is 5.37. The van der Waals surface area contributed by atoms with E-state index in [1.165, 1.54) is 36.1 Å². The lowest BCUT2D eigenvalue weighted by Crippen LogP contribution is -2.71. The third-order valence-corrected chi connectivity index (χ3v) is 7.49. The fraction of sp³-hybridized carbons (Fsp3) is 0.565. The summed E-state index contributed by atoms with van der Waals surface area (Å²) in [6.45, 7) is 6.99. The van der Waals surface area contributed by atoms with Crippen molar-refractivity contribution in [3.8, 4) is 0 Å². The largest absolute Gasteiger partial charge is 0.425 e. The molecule has 3 rings (SSSR count). The Bertz CT molecular complexity index is 1180. The Hall–Kier alpha value is -3.21. The number of β-lactam (4-membered cyclic amide) rings is 1. The van der Waals surface area contributed by atoms with Crippen LogP contribution in [-0.2, 0) is 38.1 Å². The maximum atomic E-state index is 13.2. The van der Waals surface area contributed by atoms with E-state index < -0.39 is 52.6 Å². The summed E-state index contributed by atoms with van der Waals surface area (Å²) in [6.07, 6.45) is -1.22. The molecule has 1 aromatic rings. The van der Waals surface area contributed by atoms with Gasteiger partial charge in [0.15, 0.2) is 10.8 Å². The van der Waals surface area contributed by atoms with Gasteiger partial charge in [0, 0.05) is 25.2 Å². The van der Waals surface area contributed by atoms with E-state index in [0.29, 0.717) is 12.2 Å². The molecule has 1 aromatic heterocycles. The number of thiazole rings is 1. The maximum absolute atomic E-state index is 13.2. The summed E-state index contributed by atoms with van der Waals surface area (Å²) in [5.74, 6) is -2.59. The average molecular weight is 586 g/mol. The van der Waals surface area contributed by atoms with Gasteiger partial charge in [-0.25, -0.2) is 9.78 Å². The van der Waals surface area contributed by atoms with Crippen LogP contribution in [0.5, 0.6) is 0 Å². The van der Waals surface area contributed by atoms with Crippen LogP contribution in [-0.4, -0.2) is 94.9 Å². The van der Waals surface area contributed by atoms with Gasteiger partial charge in [-0.3, -0.25) is 19.3 Å². The number of aromatic nitrogens is 1. The lowest BCUT2D eigenvalue weighted by atomic mass is 9.97. The van der Waals surface area contributed by atoms with Gasteiger partial charge in [-0.1, -0.05) is 5.16 Å². The van der Waals surface area contributed by atoms with Crippen molar-refractivity contribution in [2.45, 2.75) is 45.4 Å². The molecule has 2 aliphatic heterocycles. The number of ether oxygens (including phenoxy) is 4. The third kappa shape index (κ3) is 7.06. The van der Waals surface area contributed by atoms with Gasteiger partial charge in [0.1, 0.15) is 22.8 Å². The van der Waals surface area contributed by atoms with Crippen molar-refractivity contribution in [1.29, 1.82) is 0 Å². The molecule has 0 aromatic carbocycles. The predicted molar refractivity (Wildman–Crippen MR) is 141 cm³/mol. The number of anilines is 1. The molecule has 39 heavy (non-hydrogen) atoms. The van der Waals surface area contributed by atoms with Crippen LogP contribution < -0.4 is 11.1 Å². The molecule has 0 saturated carbocycles. The van der Waals surface area contributed by atoms with Crippen LogP contribution in [0.2, 0.25) is 0 Å². The molecule has 0 bridgehead atoms. The van der Waals surface area contributed by atoms with E-state index in [0.717, 1.165) is 11.3 Å². The van der Waals surface area contributed by atoms with Crippen molar-refractivity contribution >= 4 is 57.7 Å². The van der Waals surface area contributed by atoms with E-state index in [9.17, 15) is 24.4 Å². The number of nitrogens with two attached hydrogens (primary N) is 1. The zero-order chi connectivity index (χ0) is 28.9. The van der Waals surface area contributed by atoms with Crippen molar-refractivity contribution in [3.05, 3.63) is 22.3 Å². The first-order valence-electron chi connectivity index (χ1n) is 11.8. The van der Waals surface area contributed by atoms with Crippen molar-refractivity contribution in [1.82, 2.24) is 15.2 Å². The maximum Gasteiger partial charge on any atom is 0.358 e. The molecular formula is C23H31N5O9S2. The quantitative estimate of drug-likeness (QED) is 0.0627. The number of esters is 2. The Balaban J connectivity index is 1.77. The highest BCUT2D eigenvalue weighted by Gasteiger charge is 2.55. The molecule has 4 N–H and O–H groups in total. The van der Waals surface area contributed by atoms with Crippen LogP contribution in [0.25, 0.3) is 0 Å². The minimum absolute atomic E-state index is 0.0248. The summed E-state index contributed by atoms with van der Waals surface area (Å²) in [6, 6.07) is -1.02. The van der Waals surface area contributed by atoms with Crippen LogP contribution in [0, 0.1) is 5.41 Å². The summed E-state index contributed by atoms with van der Waals surface area (Å²) in [5.41, 5.74) is 4.86. The van der Waals surface area contributed by atoms with E-state index in [4.69, 9.17) is 24.7 Å². The predicted octanol–water partition coefficient (Wildman–Crippen LogP) is 0.699. The van der Waals surface area contributed by atoms with E-state index in [-0.39, 0.29) is 35.5 Å². The molecule has 14 nitrogen and oxygen atoms in total. The first-order valence-corrected chi connectivity index (χ1v) is 13.7. The third-order valence-electron chi connectivity index (χ3n) is 5.47. The number of hydrogen-bond acceptors (Lipinski definition) is 14. The molecule has 1 fully saturated rings. The number of methoxy groups -OCH3 is 1. The molecule has 0 aliphatic carbocycles. The van der Waals surface area contributed by atoms with Gasteiger partial charge in [-0.15, -0.1) is 23.1 Å². The van der Waals surface area contributed by atoms with E-state index in [2.05, 4.69) is 15.5 Å². The normalized spacial score (nSPS) is 20.2. The number of carbonyl (C=O) groups is 4. The van der Waals surface area contributed by atoms with Gasteiger partial charge < -0.3 is 35.2 Å². The number of thioether (sulfide) groups is 1. The smallest absolute Gasteiger partial charge is 0.358 e. The average Bonchev–Trinajstić information content (AvgIpc) is 3.29. The van der Waals surface area contributed by atoms with Gasteiger partial charge in [-0.05, 0) is 26.3 Å². The van der Waals surface area contributed by atoms with Gasteiger partial charge in [0.2, 0.25) is 6.29 Å². The number of rotatable bonds is 11. The Morgan fingerprint density at radius 2 is 2.03 bits per heavy atom. The minimum atomic E-state index is -1.22. The molecule has 3 atom stereocenters. The van der Waals surface area contributed by atoms with E-state index in [1.54, 1.807) is 20.8 Å². The molecule has 2 amide bonds. The van der Waals surface area contributed by atoms with Gasteiger partial charge in [0.25, 0.3) is 11.8 Å². The van der Waals surface area contributed by atoms with Gasteiger partial charge >= 0.3 is 11.9 Å². The second-order valence-electron chi connectivity index (χ2n) is 9.51. The van der Waals surface area contributed by atoms with E-state index in [1.807, 2.05) is 0 Å². The van der Waals surface area contributed by atoms with Crippen LogP contribution in [0.3, 0.4) is 0 Å². The molecule has 1 saturated heterocycles. The molecule has 0 spiro atoms. The number of oxime groups is 1. The first kappa shape index (κ1) is 30.3. The van der Waals surface area contributed by atoms with Crippen LogP contribution in [0.15, 0.2) is 21.8 Å². The van der Waals surface area contributed by atoms with Crippen molar-refractivity contribution in [2.75, 3.05) is 38.4 Å². The fourth-order valence-electron chi connectivity index (χ4n) is 3.50. The van der Waals surface area contributed by atoms with Crippen LogP contribution in [0.1, 0.15) is 33.4 Å².